The molecular formula is C17H24Cl2N2O2. The molecule has 1 aromatic rings. The van der Waals surface area contributed by atoms with E-state index in [1.807, 2.05) is 29.2 Å². The summed E-state index contributed by atoms with van der Waals surface area (Å²) in [5, 5.41) is 0.673. The lowest BCUT2D eigenvalue weighted by Crippen LogP contribution is -2.53. The van der Waals surface area contributed by atoms with Crippen LogP contribution < -0.4 is 5.73 Å². The first-order valence-corrected chi connectivity index (χ1v) is 8.39. The van der Waals surface area contributed by atoms with Gasteiger partial charge in [-0.25, -0.2) is 0 Å². The second-order valence-corrected chi connectivity index (χ2v) is 6.71. The Labute approximate surface area is 148 Å². The van der Waals surface area contributed by atoms with Crippen molar-refractivity contribution in [3.8, 4) is 0 Å². The maximum Gasteiger partial charge on any atom is 0.233 e. The van der Waals surface area contributed by atoms with Crippen LogP contribution in [0.25, 0.3) is 0 Å². The number of piperidine rings is 1. The van der Waals surface area contributed by atoms with Crippen LogP contribution in [0.2, 0.25) is 5.02 Å². The molecule has 6 heteroatoms. The SMILES string of the molecule is Cl.NC1CCN(C(=O)C2(c3ccccc3Cl)CCOCC2)CC1. The van der Waals surface area contributed by atoms with Crippen molar-refractivity contribution in [2.45, 2.75) is 37.1 Å². The molecule has 0 spiro atoms. The number of halogens is 2. The van der Waals surface area contributed by atoms with Crippen molar-refractivity contribution < 1.29 is 9.53 Å². The number of hydrogen-bond acceptors (Lipinski definition) is 3. The fourth-order valence-electron chi connectivity index (χ4n) is 3.57. The molecule has 3 rings (SSSR count). The average molecular weight is 359 g/mol. The van der Waals surface area contributed by atoms with E-state index in [-0.39, 0.29) is 24.4 Å². The summed E-state index contributed by atoms with van der Waals surface area (Å²) >= 11 is 6.42. The Morgan fingerprint density at radius 3 is 2.43 bits per heavy atom. The third kappa shape index (κ3) is 3.66. The zero-order valence-electron chi connectivity index (χ0n) is 13.2. The second kappa shape index (κ2) is 7.84. The lowest BCUT2D eigenvalue weighted by molar-refractivity contribution is -0.142. The van der Waals surface area contributed by atoms with E-state index in [0.29, 0.717) is 31.1 Å². The molecule has 0 saturated carbocycles. The topological polar surface area (TPSA) is 55.6 Å². The predicted octanol–water partition coefficient (Wildman–Crippen LogP) is 2.76. The van der Waals surface area contributed by atoms with Crippen molar-refractivity contribution in [2.24, 2.45) is 5.73 Å². The van der Waals surface area contributed by atoms with E-state index in [4.69, 9.17) is 22.1 Å². The smallest absolute Gasteiger partial charge is 0.233 e. The van der Waals surface area contributed by atoms with Gasteiger partial charge in [-0.2, -0.15) is 0 Å². The largest absolute Gasteiger partial charge is 0.381 e. The Hall–Kier alpha value is -0.810. The average Bonchev–Trinajstić information content (AvgIpc) is 2.56. The lowest BCUT2D eigenvalue weighted by atomic mass is 9.72. The third-order valence-electron chi connectivity index (χ3n) is 4.97. The number of nitrogens with two attached hydrogens (primary N) is 1. The van der Waals surface area contributed by atoms with E-state index in [1.165, 1.54) is 0 Å². The van der Waals surface area contributed by atoms with Gasteiger partial charge in [-0.05, 0) is 37.3 Å². The van der Waals surface area contributed by atoms with Crippen molar-refractivity contribution in [1.82, 2.24) is 4.90 Å². The van der Waals surface area contributed by atoms with Gasteiger partial charge in [-0.1, -0.05) is 29.8 Å². The molecule has 1 aromatic carbocycles. The quantitative estimate of drug-likeness (QED) is 0.884. The van der Waals surface area contributed by atoms with Gasteiger partial charge in [0.05, 0.1) is 5.41 Å². The van der Waals surface area contributed by atoms with Gasteiger partial charge in [0.25, 0.3) is 0 Å². The van der Waals surface area contributed by atoms with Crippen molar-refractivity contribution in [3.63, 3.8) is 0 Å². The summed E-state index contributed by atoms with van der Waals surface area (Å²) < 4.78 is 5.51. The summed E-state index contributed by atoms with van der Waals surface area (Å²) in [6, 6.07) is 7.94. The number of likely N-dealkylation sites (tertiary alicyclic amines) is 1. The van der Waals surface area contributed by atoms with Crippen LogP contribution in [-0.4, -0.2) is 43.2 Å². The number of amides is 1. The molecule has 0 aromatic heterocycles. The third-order valence-corrected chi connectivity index (χ3v) is 5.30. The molecule has 23 heavy (non-hydrogen) atoms. The summed E-state index contributed by atoms with van der Waals surface area (Å²) in [5.41, 5.74) is 6.37. The Morgan fingerprint density at radius 1 is 1.22 bits per heavy atom. The molecule has 0 aliphatic carbocycles. The van der Waals surface area contributed by atoms with Crippen LogP contribution >= 0.6 is 24.0 Å². The summed E-state index contributed by atoms with van der Waals surface area (Å²) in [5.74, 6) is 0.191. The maximum atomic E-state index is 13.3. The second-order valence-electron chi connectivity index (χ2n) is 6.30. The zero-order valence-corrected chi connectivity index (χ0v) is 14.7. The maximum absolute atomic E-state index is 13.3. The van der Waals surface area contributed by atoms with Gasteiger partial charge in [0.15, 0.2) is 0 Å². The molecule has 2 aliphatic rings. The molecule has 1 amide bonds. The van der Waals surface area contributed by atoms with Gasteiger partial charge in [0, 0.05) is 37.4 Å². The predicted molar refractivity (Wildman–Crippen MR) is 94.2 cm³/mol. The highest BCUT2D eigenvalue weighted by Gasteiger charge is 2.45. The van der Waals surface area contributed by atoms with E-state index >= 15 is 0 Å². The Bertz CT molecular complexity index is 539. The molecule has 2 heterocycles. The van der Waals surface area contributed by atoms with E-state index in [2.05, 4.69) is 0 Å². The minimum absolute atomic E-state index is 0. The number of benzene rings is 1. The summed E-state index contributed by atoms with van der Waals surface area (Å²) in [6.07, 6.45) is 3.14. The highest BCUT2D eigenvalue weighted by Crippen LogP contribution is 2.40. The standard InChI is InChI=1S/C17H23ClN2O2.ClH/c18-15-4-2-1-3-14(15)17(7-11-22-12-8-17)16(21)20-9-5-13(19)6-10-20;/h1-4,13H,5-12,19H2;1H. The first kappa shape index (κ1) is 18.5. The summed E-state index contributed by atoms with van der Waals surface area (Å²) in [4.78, 5) is 15.3. The fourth-order valence-corrected chi connectivity index (χ4v) is 3.89. The number of carbonyl (C=O) groups excluding carboxylic acids is 1. The number of rotatable bonds is 2. The Balaban J connectivity index is 0.00000192. The van der Waals surface area contributed by atoms with E-state index in [0.717, 1.165) is 31.5 Å². The molecule has 2 fully saturated rings. The highest BCUT2D eigenvalue weighted by molar-refractivity contribution is 6.31. The molecule has 128 valence electrons. The van der Waals surface area contributed by atoms with E-state index in [1.54, 1.807) is 0 Å². The Morgan fingerprint density at radius 2 is 1.83 bits per heavy atom. The molecule has 0 unspecified atom stereocenters. The molecule has 4 nitrogen and oxygen atoms in total. The Kier molecular flexibility index (Phi) is 6.32. The highest BCUT2D eigenvalue weighted by atomic mass is 35.5. The molecule has 2 N–H and O–H groups in total. The van der Waals surface area contributed by atoms with Gasteiger partial charge >= 0.3 is 0 Å². The van der Waals surface area contributed by atoms with Crippen molar-refractivity contribution in [1.29, 1.82) is 0 Å². The summed E-state index contributed by atoms with van der Waals surface area (Å²) in [6.45, 7) is 2.69. The molecule has 2 saturated heterocycles. The van der Waals surface area contributed by atoms with Gasteiger partial charge in [0.2, 0.25) is 5.91 Å². The molecular weight excluding hydrogens is 335 g/mol. The molecule has 0 radical (unpaired) electrons. The number of nitrogens with zero attached hydrogens (tertiary/aromatic N) is 1. The number of hydrogen-bond donors (Lipinski definition) is 1. The van der Waals surface area contributed by atoms with Crippen molar-refractivity contribution in [2.75, 3.05) is 26.3 Å². The van der Waals surface area contributed by atoms with Crippen LogP contribution in [0.15, 0.2) is 24.3 Å². The van der Waals surface area contributed by atoms with Crippen LogP contribution in [0.3, 0.4) is 0 Å². The normalized spacial score (nSPS) is 21.6. The summed E-state index contributed by atoms with van der Waals surface area (Å²) in [7, 11) is 0. The zero-order chi connectivity index (χ0) is 15.6. The number of ether oxygens (including phenoxy) is 1. The molecule has 0 atom stereocenters. The lowest BCUT2D eigenvalue weighted by Gasteiger charge is -2.42. The van der Waals surface area contributed by atoms with Crippen molar-refractivity contribution >= 4 is 29.9 Å². The molecule has 2 aliphatic heterocycles. The number of carbonyl (C=O) groups is 1. The van der Waals surface area contributed by atoms with Gasteiger partial charge in [-0.15, -0.1) is 12.4 Å². The van der Waals surface area contributed by atoms with Crippen LogP contribution in [0.1, 0.15) is 31.2 Å². The van der Waals surface area contributed by atoms with Gasteiger partial charge < -0.3 is 15.4 Å². The van der Waals surface area contributed by atoms with Gasteiger partial charge in [0.1, 0.15) is 0 Å². The van der Waals surface area contributed by atoms with E-state index in [9.17, 15) is 4.79 Å². The van der Waals surface area contributed by atoms with Crippen LogP contribution in [-0.2, 0) is 14.9 Å². The van der Waals surface area contributed by atoms with Gasteiger partial charge in [-0.3, -0.25) is 4.79 Å². The van der Waals surface area contributed by atoms with Crippen molar-refractivity contribution in [3.05, 3.63) is 34.9 Å². The van der Waals surface area contributed by atoms with E-state index < -0.39 is 5.41 Å². The first-order chi connectivity index (χ1) is 10.6. The minimum Gasteiger partial charge on any atom is -0.381 e. The van der Waals surface area contributed by atoms with Crippen LogP contribution in [0.5, 0.6) is 0 Å². The van der Waals surface area contributed by atoms with Crippen LogP contribution in [0, 0.1) is 0 Å². The fraction of sp³-hybridized carbons (Fsp3) is 0.588. The first-order valence-electron chi connectivity index (χ1n) is 8.01. The van der Waals surface area contributed by atoms with Crippen LogP contribution in [0.4, 0.5) is 0 Å². The monoisotopic (exact) mass is 358 g/mol. The minimum atomic E-state index is -0.544. The molecule has 0 bridgehead atoms.